The number of aliphatic hydroxyl groups excluding tert-OH is 1. The van der Waals surface area contributed by atoms with Gasteiger partial charge in [-0.2, -0.15) is 0 Å². The summed E-state index contributed by atoms with van der Waals surface area (Å²) < 4.78 is 2.09. The maximum Gasteiger partial charge on any atom is 0.318 e. The van der Waals surface area contributed by atoms with Gasteiger partial charge in [-0.3, -0.25) is 0 Å². The maximum atomic E-state index is 12.5. The molecule has 0 saturated carbocycles. The number of imidazole rings is 1. The summed E-state index contributed by atoms with van der Waals surface area (Å²) in [5.74, 6) is 0.982. The summed E-state index contributed by atoms with van der Waals surface area (Å²) in [6, 6.07) is 8.10. The Kier molecular flexibility index (Phi) is 5.08. The number of rotatable bonds is 5. The first kappa shape index (κ1) is 17.5. The van der Waals surface area contributed by atoms with Crippen LogP contribution in [0, 0.1) is 6.92 Å². The summed E-state index contributed by atoms with van der Waals surface area (Å²) >= 11 is 0. The molecule has 1 aliphatic heterocycles. The number of benzene rings is 1. The van der Waals surface area contributed by atoms with Crippen LogP contribution in [0.25, 0.3) is 0 Å². The lowest BCUT2D eigenvalue weighted by atomic mass is 10.0. The number of urea groups is 1. The van der Waals surface area contributed by atoms with Crippen LogP contribution in [0.5, 0.6) is 0 Å². The van der Waals surface area contributed by atoms with E-state index in [0.29, 0.717) is 13.1 Å². The van der Waals surface area contributed by atoms with Crippen molar-refractivity contribution in [1.29, 1.82) is 0 Å². The molecule has 1 atom stereocenters. The van der Waals surface area contributed by atoms with E-state index in [2.05, 4.69) is 27.0 Å². The van der Waals surface area contributed by atoms with Gasteiger partial charge in [0.2, 0.25) is 0 Å². The average Bonchev–Trinajstić information content (AvgIpc) is 3.20. The molecule has 1 saturated heterocycles. The molecule has 0 radical (unpaired) electrons. The molecule has 134 valence electrons. The fourth-order valence-electron chi connectivity index (χ4n) is 3.41. The van der Waals surface area contributed by atoms with Crippen LogP contribution < -0.4 is 5.32 Å². The van der Waals surface area contributed by atoms with E-state index in [1.54, 1.807) is 11.1 Å². The second-order valence-electron chi connectivity index (χ2n) is 6.99. The van der Waals surface area contributed by atoms with Crippen LogP contribution in [0.4, 0.5) is 4.79 Å². The van der Waals surface area contributed by atoms with Gasteiger partial charge in [0.05, 0.1) is 12.1 Å². The molecule has 0 spiro atoms. The van der Waals surface area contributed by atoms with Crippen molar-refractivity contribution < 1.29 is 9.90 Å². The predicted molar refractivity (Wildman–Crippen MR) is 96.2 cm³/mol. The minimum absolute atomic E-state index is 0.000161. The molecule has 0 bridgehead atoms. The van der Waals surface area contributed by atoms with E-state index < -0.39 is 5.54 Å². The highest BCUT2D eigenvalue weighted by molar-refractivity contribution is 5.75. The van der Waals surface area contributed by atoms with E-state index in [9.17, 15) is 9.90 Å². The van der Waals surface area contributed by atoms with Crippen LogP contribution in [-0.2, 0) is 13.1 Å². The second-order valence-corrected chi connectivity index (χ2v) is 6.99. The number of amides is 2. The number of nitrogens with zero attached hydrogens (tertiary/aromatic N) is 3. The molecule has 0 aliphatic carbocycles. The number of aromatic nitrogens is 2. The number of aryl methyl sites for hydroxylation is 1. The first-order chi connectivity index (χ1) is 12.0. The molecule has 2 N–H and O–H groups in total. The molecule has 1 aromatic carbocycles. The van der Waals surface area contributed by atoms with Gasteiger partial charge in [-0.15, -0.1) is 0 Å². The van der Waals surface area contributed by atoms with Gasteiger partial charge < -0.3 is 19.9 Å². The van der Waals surface area contributed by atoms with Gasteiger partial charge in [-0.1, -0.05) is 24.3 Å². The first-order valence-electron chi connectivity index (χ1n) is 8.74. The molecule has 0 unspecified atom stereocenters. The SMILES string of the molecule is Cc1nccn1Cc1cccc(CNC(=O)N2CCC[C@@]2(C)CO)c1. The van der Waals surface area contributed by atoms with Gasteiger partial charge in [0.15, 0.2) is 0 Å². The number of nitrogens with one attached hydrogen (secondary N) is 1. The Morgan fingerprint density at radius 3 is 2.92 bits per heavy atom. The summed E-state index contributed by atoms with van der Waals surface area (Å²) in [7, 11) is 0. The van der Waals surface area contributed by atoms with E-state index in [1.807, 2.05) is 32.2 Å². The Hall–Kier alpha value is -2.34. The third-order valence-corrected chi connectivity index (χ3v) is 5.05. The maximum absolute atomic E-state index is 12.5. The zero-order chi connectivity index (χ0) is 17.9. The molecule has 2 heterocycles. The first-order valence-corrected chi connectivity index (χ1v) is 8.74. The third-order valence-electron chi connectivity index (χ3n) is 5.05. The van der Waals surface area contributed by atoms with Crippen molar-refractivity contribution in [3.63, 3.8) is 0 Å². The van der Waals surface area contributed by atoms with Crippen molar-refractivity contribution >= 4 is 6.03 Å². The summed E-state index contributed by atoms with van der Waals surface area (Å²) in [6.07, 6.45) is 5.54. The molecule has 1 fully saturated rings. The number of hydrogen-bond acceptors (Lipinski definition) is 3. The van der Waals surface area contributed by atoms with E-state index >= 15 is 0 Å². The highest BCUT2D eigenvalue weighted by Crippen LogP contribution is 2.28. The van der Waals surface area contributed by atoms with Gasteiger partial charge in [-0.05, 0) is 37.8 Å². The Morgan fingerprint density at radius 2 is 2.20 bits per heavy atom. The van der Waals surface area contributed by atoms with E-state index in [1.165, 1.54) is 5.56 Å². The minimum Gasteiger partial charge on any atom is -0.394 e. The van der Waals surface area contributed by atoms with Crippen LogP contribution in [-0.4, -0.2) is 44.3 Å². The topological polar surface area (TPSA) is 70.4 Å². The average molecular weight is 342 g/mol. The monoisotopic (exact) mass is 342 g/mol. The smallest absolute Gasteiger partial charge is 0.318 e. The third kappa shape index (κ3) is 3.85. The highest BCUT2D eigenvalue weighted by atomic mass is 16.3. The number of hydrogen-bond donors (Lipinski definition) is 2. The van der Waals surface area contributed by atoms with Crippen molar-refractivity contribution in [1.82, 2.24) is 19.8 Å². The Bertz CT molecular complexity index is 743. The highest BCUT2D eigenvalue weighted by Gasteiger charge is 2.38. The quantitative estimate of drug-likeness (QED) is 0.876. The van der Waals surface area contributed by atoms with Gasteiger partial charge in [0.25, 0.3) is 0 Å². The summed E-state index contributed by atoms with van der Waals surface area (Å²) in [6.45, 7) is 5.87. The van der Waals surface area contributed by atoms with Gasteiger partial charge in [0.1, 0.15) is 5.82 Å². The lowest BCUT2D eigenvalue weighted by molar-refractivity contribution is 0.0973. The van der Waals surface area contributed by atoms with Crippen LogP contribution in [0.1, 0.15) is 36.7 Å². The van der Waals surface area contributed by atoms with E-state index in [4.69, 9.17) is 0 Å². The van der Waals surface area contributed by atoms with Crippen LogP contribution >= 0.6 is 0 Å². The second kappa shape index (κ2) is 7.27. The number of aliphatic hydroxyl groups is 1. The number of likely N-dealkylation sites (tertiary alicyclic amines) is 1. The van der Waals surface area contributed by atoms with Crippen LogP contribution in [0.2, 0.25) is 0 Å². The van der Waals surface area contributed by atoms with E-state index in [0.717, 1.165) is 30.8 Å². The Balaban J connectivity index is 1.61. The Labute approximate surface area is 148 Å². The van der Waals surface area contributed by atoms with Gasteiger partial charge >= 0.3 is 6.03 Å². The zero-order valence-corrected chi connectivity index (χ0v) is 14.9. The molecular formula is C19H26N4O2. The molecule has 2 amide bonds. The predicted octanol–water partition coefficient (Wildman–Crippen LogP) is 2.30. The fraction of sp³-hybridized carbons (Fsp3) is 0.474. The molecule has 1 aromatic heterocycles. The fourth-order valence-corrected chi connectivity index (χ4v) is 3.41. The minimum atomic E-state index is -0.440. The lowest BCUT2D eigenvalue weighted by Gasteiger charge is -2.33. The molecule has 6 heteroatoms. The summed E-state index contributed by atoms with van der Waals surface area (Å²) in [5.41, 5.74) is 1.80. The van der Waals surface area contributed by atoms with Gasteiger partial charge in [0, 0.05) is 32.0 Å². The van der Waals surface area contributed by atoms with Crippen LogP contribution in [0.3, 0.4) is 0 Å². The van der Waals surface area contributed by atoms with Gasteiger partial charge in [-0.25, -0.2) is 9.78 Å². The summed E-state index contributed by atoms with van der Waals surface area (Å²) in [5, 5.41) is 12.6. The largest absolute Gasteiger partial charge is 0.394 e. The zero-order valence-electron chi connectivity index (χ0n) is 14.9. The van der Waals surface area contributed by atoms with Crippen LogP contribution in [0.15, 0.2) is 36.7 Å². The van der Waals surface area contributed by atoms with Crippen molar-refractivity contribution in [2.75, 3.05) is 13.2 Å². The Morgan fingerprint density at radius 1 is 1.40 bits per heavy atom. The van der Waals surface area contributed by atoms with Crippen molar-refractivity contribution in [3.05, 3.63) is 53.6 Å². The van der Waals surface area contributed by atoms with Crippen molar-refractivity contribution in [2.45, 2.75) is 45.3 Å². The lowest BCUT2D eigenvalue weighted by Crippen LogP contribution is -2.51. The summed E-state index contributed by atoms with van der Waals surface area (Å²) in [4.78, 5) is 18.5. The molecule has 2 aromatic rings. The standard InChI is InChI=1S/C19H26N4O2/c1-15-20-8-10-22(15)13-17-6-3-5-16(11-17)12-21-18(25)23-9-4-7-19(23,2)14-24/h3,5-6,8,10-11,24H,4,7,9,12-14H2,1-2H3,(H,21,25)/t19-/m0/s1. The molecule has 6 nitrogen and oxygen atoms in total. The molecule has 1 aliphatic rings. The van der Waals surface area contributed by atoms with E-state index in [-0.39, 0.29) is 12.6 Å². The normalized spacial score (nSPS) is 20.0. The van der Waals surface area contributed by atoms with Crippen molar-refractivity contribution in [3.8, 4) is 0 Å². The molecule has 25 heavy (non-hydrogen) atoms. The number of carbonyl (C=O) groups is 1. The number of carbonyl (C=O) groups excluding carboxylic acids is 1. The molecular weight excluding hydrogens is 316 g/mol. The molecule has 3 rings (SSSR count). The van der Waals surface area contributed by atoms with Crippen molar-refractivity contribution in [2.24, 2.45) is 0 Å².